The van der Waals surface area contributed by atoms with Crippen molar-refractivity contribution < 1.29 is 27.5 Å². The van der Waals surface area contributed by atoms with Crippen molar-refractivity contribution in [3.05, 3.63) is 77.7 Å². The molecular weight excluding hydrogens is 596 g/mol. The van der Waals surface area contributed by atoms with Gasteiger partial charge in [-0.2, -0.15) is 0 Å². The summed E-state index contributed by atoms with van der Waals surface area (Å²) in [6, 6.07) is 11.4. The number of anilines is 2. The van der Waals surface area contributed by atoms with E-state index in [2.05, 4.69) is 35.3 Å². The van der Waals surface area contributed by atoms with Gasteiger partial charge in [-0.25, -0.2) is 23.1 Å². The molecule has 13 heteroatoms. The maximum atomic E-state index is 14.9. The predicted molar refractivity (Wildman–Crippen MR) is 165 cm³/mol. The van der Waals surface area contributed by atoms with E-state index in [4.69, 9.17) is 9.72 Å². The molecule has 2 amide bonds. The lowest BCUT2D eigenvalue weighted by Gasteiger charge is -2.17. The van der Waals surface area contributed by atoms with Crippen LogP contribution >= 0.6 is 11.8 Å². The molecule has 0 bridgehead atoms. The second-order valence-corrected chi connectivity index (χ2v) is 17.3. The van der Waals surface area contributed by atoms with Crippen molar-refractivity contribution in [3.63, 3.8) is 0 Å². The topological polar surface area (TPSA) is 98.1 Å². The highest BCUT2D eigenvalue weighted by Crippen LogP contribution is 2.37. The molecule has 8 nitrogen and oxygen atoms in total. The van der Waals surface area contributed by atoms with Crippen LogP contribution in [0.4, 0.5) is 24.7 Å². The van der Waals surface area contributed by atoms with Gasteiger partial charge in [0.2, 0.25) is 5.91 Å². The van der Waals surface area contributed by atoms with Gasteiger partial charge in [-0.1, -0.05) is 37.5 Å². The minimum Gasteiger partial charge on any atom is -0.361 e. The van der Waals surface area contributed by atoms with Gasteiger partial charge in [-0.15, -0.1) is 0 Å². The Labute approximate surface area is 253 Å². The number of pyridine rings is 1. The quantitative estimate of drug-likeness (QED) is 0.103. The number of benzene rings is 2. The zero-order chi connectivity index (χ0) is 31.3. The molecule has 0 saturated heterocycles. The Balaban J connectivity index is 1.80. The van der Waals surface area contributed by atoms with E-state index in [9.17, 15) is 22.8 Å². The number of hydrogen-bond donors (Lipinski definition) is 2. The van der Waals surface area contributed by atoms with E-state index in [0.29, 0.717) is 40.1 Å². The molecule has 2 aromatic heterocycles. The first-order valence-electron chi connectivity index (χ1n) is 13.4. The van der Waals surface area contributed by atoms with E-state index in [1.54, 1.807) is 18.3 Å². The van der Waals surface area contributed by atoms with Gasteiger partial charge in [0.15, 0.2) is 5.16 Å². The van der Waals surface area contributed by atoms with Crippen LogP contribution in [0.5, 0.6) is 0 Å². The highest BCUT2D eigenvalue weighted by Gasteiger charge is 2.23. The van der Waals surface area contributed by atoms with Crippen molar-refractivity contribution in [2.24, 2.45) is 0 Å². The molecule has 43 heavy (non-hydrogen) atoms. The number of aromatic nitrogens is 3. The monoisotopic (exact) mass is 627 g/mol. The first-order chi connectivity index (χ1) is 20.4. The lowest BCUT2D eigenvalue weighted by Crippen LogP contribution is -2.22. The van der Waals surface area contributed by atoms with Crippen molar-refractivity contribution in [1.82, 2.24) is 14.5 Å². The molecule has 0 aliphatic carbocycles. The molecule has 4 aromatic rings. The zero-order valence-electron chi connectivity index (χ0n) is 24.4. The van der Waals surface area contributed by atoms with Gasteiger partial charge in [0.25, 0.3) is 5.91 Å². The fourth-order valence-corrected chi connectivity index (χ4v) is 5.53. The predicted octanol–water partition coefficient (Wildman–Crippen LogP) is 7.27. The van der Waals surface area contributed by atoms with E-state index in [1.165, 1.54) is 30.8 Å². The first-order valence-corrected chi connectivity index (χ1v) is 18.3. The molecule has 0 spiro atoms. The number of nitrogens with zero attached hydrogens (tertiary/aromatic N) is 3. The summed E-state index contributed by atoms with van der Waals surface area (Å²) >= 11 is 1.38. The van der Waals surface area contributed by atoms with Crippen LogP contribution in [-0.2, 0) is 16.3 Å². The van der Waals surface area contributed by atoms with Crippen molar-refractivity contribution in [2.45, 2.75) is 44.5 Å². The average Bonchev–Trinajstić information content (AvgIpc) is 3.30. The fourth-order valence-electron chi connectivity index (χ4n) is 4.23. The molecule has 0 aliphatic heterocycles. The number of rotatable bonds is 11. The van der Waals surface area contributed by atoms with Crippen LogP contribution in [0.25, 0.3) is 22.5 Å². The van der Waals surface area contributed by atoms with Gasteiger partial charge in [0.1, 0.15) is 35.6 Å². The third-order valence-electron chi connectivity index (χ3n) is 6.35. The van der Waals surface area contributed by atoms with Gasteiger partial charge in [-0.3, -0.25) is 14.2 Å². The van der Waals surface area contributed by atoms with Crippen LogP contribution < -0.4 is 10.6 Å². The summed E-state index contributed by atoms with van der Waals surface area (Å²) in [6.45, 7) is 8.90. The molecule has 2 aromatic carbocycles. The van der Waals surface area contributed by atoms with Gasteiger partial charge >= 0.3 is 0 Å². The van der Waals surface area contributed by atoms with Crippen molar-refractivity contribution in [3.8, 4) is 22.5 Å². The molecule has 0 aliphatic rings. The highest BCUT2D eigenvalue weighted by molar-refractivity contribution is 7.98. The molecule has 0 radical (unpaired) electrons. The second-order valence-electron chi connectivity index (χ2n) is 10.9. The van der Waals surface area contributed by atoms with Crippen LogP contribution in [0.3, 0.4) is 0 Å². The Morgan fingerprint density at radius 3 is 2.35 bits per heavy atom. The average molecular weight is 628 g/mol. The lowest BCUT2D eigenvalue weighted by atomic mass is 10.0. The SMILES string of the molecule is CSc1nc(-c2ccc(F)c(NC(=O)c3c(F)cccc3F)c2)c(-c2ccnc(NC(C)=O)c2)n1COCC[Si](C)(C)C. The summed E-state index contributed by atoms with van der Waals surface area (Å²) in [5, 5.41) is 5.57. The maximum Gasteiger partial charge on any atom is 0.261 e. The van der Waals surface area contributed by atoms with E-state index < -0.39 is 37.0 Å². The third kappa shape index (κ3) is 7.92. The number of imidazole rings is 1. The largest absolute Gasteiger partial charge is 0.361 e. The summed E-state index contributed by atoms with van der Waals surface area (Å²) in [5.74, 6) is -4.03. The molecular formula is C30H32F3N5O3SSi. The summed E-state index contributed by atoms with van der Waals surface area (Å²) in [5.41, 5.74) is 1.02. The molecule has 0 saturated carbocycles. The molecule has 0 atom stereocenters. The zero-order valence-corrected chi connectivity index (χ0v) is 26.2. The molecule has 4 rings (SSSR count). The number of amides is 2. The third-order valence-corrected chi connectivity index (χ3v) is 8.73. The second kappa shape index (κ2) is 13.6. The minimum atomic E-state index is -1.34. The van der Waals surface area contributed by atoms with E-state index >= 15 is 0 Å². The van der Waals surface area contributed by atoms with Crippen molar-refractivity contribution in [2.75, 3.05) is 23.5 Å². The van der Waals surface area contributed by atoms with Crippen LogP contribution in [0, 0.1) is 17.5 Å². The summed E-state index contributed by atoms with van der Waals surface area (Å²) in [6.07, 6.45) is 3.41. The Hall–Kier alpha value is -3.94. The van der Waals surface area contributed by atoms with Gasteiger partial charge in [0, 0.05) is 38.9 Å². The number of carbonyl (C=O) groups is 2. The molecule has 0 fully saturated rings. The molecule has 2 N–H and O–H groups in total. The lowest BCUT2D eigenvalue weighted by molar-refractivity contribution is -0.114. The van der Waals surface area contributed by atoms with E-state index in [-0.39, 0.29) is 18.3 Å². The van der Waals surface area contributed by atoms with E-state index in [0.717, 1.165) is 30.3 Å². The molecule has 226 valence electrons. The summed E-state index contributed by atoms with van der Waals surface area (Å²) < 4.78 is 51.3. The van der Waals surface area contributed by atoms with E-state index in [1.807, 2.05) is 10.8 Å². The van der Waals surface area contributed by atoms with Crippen molar-refractivity contribution >= 4 is 43.2 Å². The standard InChI is InChI=1S/C30H32F3N5O3SSi/c1-18(39)35-25-16-20(11-12-34-25)28-27(37-30(42-2)38(28)17-41-13-14-43(3,4)5)19-9-10-21(31)24(15-19)36-29(40)26-22(32)7-6-8-23(26)33/h6-12,15-16H,13-14,17H2,1-5H3,(H,36,40)(H,34,35,39). The maximum absolute atomic E-state index is 14.9. The van der Waals surface area contributed by atoms with Crippen LogP contribution in [-0.4, -0.2) is 47.3 Å². The number of halogens is 3. The van der Waals surface area contributed by atoms with Gasteiger partial charge in [0.05, 0.1) is 17.1 Å². The summed E-state index contributed by atoms with van der Waals surface area (Å²) in [4.78, 5) is 33.5. The highest BCUT2D eigenvalue weighted by atomic mass is 32.2. The van der Waals surface area contributed by atoms with Crippen molar-refractivity contribution in [1.29, 1.82) is 0 Å². The normalized spacial score (nSPS) is 11.4. The molecule has 2 heterocycles. The van der Waals surface area contributed by atoms with Gasteiger partial charge in [-0.05, 0) is 54.8 Å². The Morgan fingerprint density at radius 1 is 0.977 bits per heavy atom. The van der Waals surface area contributed by atoms with Crippen LogP contribution in [0.15, 0.2) is 59.9 Å². The fraction of sp³-hybridized carbons (Fsp3) is 0.267. The Kier molecular flexibility index (Phi) is 10.1. The van der Waals surface area contributed by atoms with Gasteiger partial charge < -0.3 is 15.4 Å². The number of nitrogens with one attached hydrogen (secondary N) is 2. The molecule has 0 unspecified atom stereocenters. The number of thioether (sulfide) groups is 1. The Morgan fingerprint density at radius 2 is 1.70 bits per heavy atom. The smallest absolute Gasteiger partial charge is 0.261 e. The minimum absolute atomic E-state index is 0.179. The number of hydrogen-bond acceptors (Lipinski definition) is 6. The first kappa shape index (κ1) is 32.0. The van der Waals surface area contributed by atoms with Crippen LogP contribution in [0.1, 0.15) is 17.3 Å². The summed E-state index contributed by atoms with van der Waals surface area (Å²) in [7, 11) is -1.34. The Bertz CT molecular complexity index is 1640. The number of carbonyl (C=O) groups excluding carboxylic acids is 2. The number of ether oxygens (including phenoxy) is 1. The van der Waals surface area contributed by atoms with Crippen LogP contribution in [0.2, 0.25) is 25.7 Å².